The van der Waals surface area contributed by atoms with E-state index in [1.165, 1.54) is 6.92 Å². The maximum atomic E-state index is 10.6. The molecule has 1 aliphatic rings. The number of nitrogens with one attached hydrogen (secondary N) is 1. The highest BCUT2D eigenvalue weighted by atomic mass is 16.7. The van der Waals surface area contributed by atoms with Crippen LogP contribution in [-0.4, -0.2) is 38.7 Å². The summed E-state index contributed by atoms with van der Waals surface area (Å²) < 4.78 is 15.4. The van der Waals surface area contributed by atoms with Crippen molar-refractivity contribution in [3.05, 3.63) is 12.2 Å². The molecule has 0 saturated carbocycles. The summed E-state index contributed by atoms with van der Waals surface area (Å²) in [4.78, 5) is 10.6. The van der Waals surface area contributed by atoms with Crippen LogP contribution >= 0.6 is 0 Å². The van der Waals surface area contributed by atoms with Crippen molar-refractivity contribution >= 4 is 5.97 Å². The Balaban J connectivity index is 2.28. The maximum Gasteiger partial charge on any atom is 0.303 e. The van der Waals surface area contributed by atoms with Gasteiger partial charge in [0.25, 0.3) is 0 Å². The first-order chi connectivity index (χ1) is 6.72. The maximum absolute atomic E-state index is 10.6. The van der Waals surface area contributed by atoms with Gasteiger partial charge in [-0.15, -0.1) is 0 Å². The molecule has 1 aliphatic heterocycles. The molecule has 0 saturated heterocycles. The fourth-order valence-corrected chi connectivity index (χ4v) is 1.07. The van der Waals surface area contributed by atoms with E-state index in [-0.39, 0.29) is 18.4 Å². The highest BCUT2D eigenvalue weighted by Crippen LogP contribution is 2.09. The van der Waals surface area contributed by atoms with Crippen LogP contribution in [0.1, 0.15) is 6.92 Å². The lowest BCUT2D eigenvalue weighted by Crippen LogP contribution is -2.31. The normalized spacial score (nSPS) is 26.1. The smallest absolute Gasteiger partial charge is 0.303 e. The predicted octanol–water partition coefficient (Wildman–Crippen LogP) is 0.0241. The van der Waals surface area contributed by atoms with E-state index in [1.807, 2.05) is 0 Å². The van der Waals surface area contributed by atoms with Crippen LogP contribution in [0.3, 0.4) is 0 Å². The first-order valence-electron chi connectivity index (χ1n) is 4.45. The van der Waals surface area contributed by atoms with E-state index in [9.17, 15) is 4.79 Å². The van der Waals surface area contributed by atoms with E-state index in [2.05, 4.69) is 5.32 Å². The molecule has 0 aromatic heterocycles. The Kier molecular flexibility index (Phi) is 4.58. The molecule has 0 bridgehead atoms. The fourth-order valence-electron chi connectivity index (χ4n) is 1.07. The van der Waals surface area contributed by atoms with Crippen LogP contribution < -0.4 is 5.32 Å². The van der Waals surface area contributed by atoms with E-state index in [4.69, 9.17) is 14.2 Å². The fraction of sp³-hybridized carbons (Fsp3) is 0.667. The molecule has 0 radical (unpaired) electrons. The van der Waals surface area contributed by atoms with Crippen molar-refractivity contribution in [3.63, 3.8) is 0 Å². The van der Waals surface area contributed by atoms with Crippen molar-refractivity contribution in [1.29, 1.82) is 0 Å². The summed E-state index contributed by atoms with van der Waals surface area (Å²) in [5.41, 5.74) is 0. The SMILES string of the molecule is CNCO[C@@H]1C=C[C@H](OC(C)=O)CO1. The Bertz CT molecular complexity index is 217. The van der Waals surface area contributed by atoms with Crippen LogP contribution in [0.4, 0.5) is 0 Å². The molecule has 14 heavy (non-hydrogen) atoms. The Morgan fingerprint density at radius 3 is 2.93 bits per heavy atom. The molecule has 2 atom stereocenters. The summed E-state index contributed by atoms with van der Waals surface area (Å²) in [7, 11) is 1.79. The Morgan fingerprint density at radius 1 is 1.64 bits per heavy atom. The van der Waals surface area contributed by atoms with Gasteiger partial charge in [0.2, 0.25) is 0 Å². The summed E-state index contributed by atoms with van der Waals surface area (Å²) in [5, 5.41) is 2.84. The van der Waals surface area contributed by atoms with Crippen LogP contribution in [0.5, 0.6) is 0 Å². The lowest BCUT2D eigenvalue weighted by Gasteiger charge is -2.23. The van der Waals surface area contributed by atoms with Crippen molar-refractivity contribution in [2.45, 2.75) is 19.3 Å². The molecule has 0 fully saturated rings. The molecule has 1 rings (SSSR count). The minimum absolute atomic E-state index is 0.290. The number of carbonyl (C=O) groups excluding carboxylic acids is 1. The molecule has 0 aromatic rings. The third-order valence-corrected chi connectivity index (χ3v) is 1.62. The molecule has 0 unspecified atom stereocenters. The van der Waals surface area contributed by atoms with Crippen LogP contribution in [0.2, 0.25) is 0 Å². The Morgan fingerprint density at radius 2 is 2.43 bits per heavy atom. The molecule has 1 heterocycles. The lowest BCUT2D eigenvalue weighted by atomic mass is 10.3. The van der Waals surface area contributed by atoms with Crippen molar-refractivity contribution in [2.24, 2.45) is 0 Å². The quantitative estimate of drug-likeness (QED) is 0.395. The second-order valence-electron chi connectivity index (χ2n) is 2.90. The standard InChI is InChI=1S/C9H15NO4/c1-7(11)14-8-3-4-9(12-5-8)13-6-10-2/h3-4,8-10H,5-6H2,1-2H3/t8-,9+/m0/s1. The molecule has 0 aromatic carbocycles. The molecule has 80 valence electrons. The van der Waals surface area contributed by atoms with Crippen molar-refractivity contribution in [2.75, 3.05) is 20.4 Å². The highest BCUT2D eigenvalue weighted by Gasteiger charge is 2.17. The average Bonchev–Trinajstić information content (AvgIpc) is 2.16. The summed E-state index contributed by atoms with van der Waals surface area (Å²) in [5.74, 6) is -0.308. The molecule has 0 aliphatic carbocycles. The molecule has 1 N–H and O–H groups in total. The van der Waals surface area contributed by atoms with Gasteiger partial charge in [-0.05, 0) is 19.2 Å². The van der Waals surface area contributed by atoms with E-state index in [1.54, 1.807) is 19.2 Å². The second-order valence-corrected chi connectivity index (χ2v) is 2.90. The third-order valence-electron chi connectivity index (χ3n) is 1.62. The van der Waals surface area contributed by atoms with Gasteiger partial charge >= 0.3 is 5.97 Å². The zero-order chi connectivity index (χ0) is 10.4. The van der Waals surface area contributed by atoms with E-state index >= 15 is 0 Å². The number of esters is 1. The first kappa shape index (κ1) is 11.2. The second kappa shape index (κ2) is 5.74. The first-order valence-corrected chi connectivity index (χ1v) is 4.45. The molecule has 0 amide bonds. The van der Waals surface area contributed by atoms with Gasteiger partial charge in [-0.2, -0.15) is 0 Å². The van der Waals surface area contributed by atoms with Crippen LogP contribution in [0.25, 0.3) is 0 Å². The van der Waals surface area contributed by atoms with Gasteiger partial charge in [-0.3, -0.25) is 10.1 Å². The van der Waals surface area contributed by atoms with Crippen molar-refractivity contribution < 1.29 is 19.0 Å². The number of rotatable bonds is 4. The van der Waals surface area contributed by atoms with E-state index < -0.39 is 0 Å². The molecular weight excluding hydrogens is 186 g/mol. The largest absolute Gasteiger partial charge is 0.456 e. The van der Waals surface area contributed by atoms with Crippen LogP contribution in [0, 0.1) is 0 Å². The van der Waals surface area contributed by atoms with E-state index in [0.29, 0.717) is 13.3 Å². The topological polar surface area (TPSA) is 56.8 Å². The van der Waals surface area contributed by atoms with Gasteiger partial charge in [0.15, 0.2) is 6.29 Å². The number of hydrogen-bond donors (Lipinski definition) is 1. The molecular formula is C9H15NO4. The van der Waals surface area contributed by atoms with Gasteiger partial charge in [0.1, 0.15) is 6.10 Å². The van der Waals surface area contributed by atoms with Gasteiger partial charge < -0.3 is 14.2 Å². The van der Waals surface area contributed by atoms with Gasteiger partial charge in [0, 0.05) is 6.92 Å². The Hall–Kier alpha value is -0.910. The molecule has 0 spiro atoms. The monoisotopic (exact) mass is 201 g/mol. The van der Waals surface area contributed by atoms with Crippen molar-refractivity contribution in [1.82, 2.24) is 5.32 Å². The summed E-state index contributed by atoms with van der Waals surface area (Å²) in [6.45, 7) is 2.13. The molecule has 5 nitrogen and oxygen atoms in total. The zero-order valence-corrected chi connectivity index (χ0v) is 8.36. The van der Waals surface area contributed by atoms with Gasteiger partial charge in [-0.25, -0.2) is 0 Å². The minimum atomic E-state index is -0.353. The van der Waals surface area contributed by atoms with Gasteiger partial charge in [-0.1, -0.05) is 0 Å². The number of ether oxygens (including phenoxy) is 3. The van der Waals surface area contributed by atoms with Gasteiger partial charge in [0.05, 0.1) is 13.3 Å². The zero-order valence-electron chi connectivity index (χ0n) is 8.36. The van der Waals surface area contributed by atoms with Crippen LogP contribution in [-0.2, 0) is 19.0 Å². The summed E-state index contributed by atoms with van der Waals surface area (Å²) in [6, 6.07) is 0. The average molecular weight is 201 g/mol. The minimum Gasteiger partial charge on any atom is -0.456 e. The highest BCUT2D eigenvalue weighted by molar-refractivity contribution is 5.66. The van der Waals surface area contributed by atoms with E-state index in [0.717, 1.165) is 0 Å². The lowest BCUT2D eigenvalue weighted by molar-refractivity contribution is -0.161. The van der Waals surface area contributed by atoms with Crippen LogP contribution in [0.15, 0.2) is 12.2 Å². The van der Waals surface area contributed by atoms with Crippen molar-refractivity contribution in [3.8, 4) is 0 Å². The number of hydrogen-bond acceptors (Lipinski definition) is 5. The summed E-state index contributed by atoms with van der Waals surface area (Å²) >= 11 is 0. The number of carbonyl (C=O) groups is 1. The Labute approximate surface area is 83.0 Å². The summed E-state index contributed by atoms with van der Waals surface area (Å²) in [6.07, 6.45) is 2.86. The third kappa shape index (κ3) is 3.87. The predicted molar refractivity (Wildman–Crippen MR) is 49.4 cm³/mol. The molecule has 5 heteroatoms.